The van der Waals surface area contributed by atoms with Crippen LogP contribution in [0.15, 0.2) is 48.7 Å². The summed E-state index contributed by atoms with van der Waals surface area (Å²) in [4.78, 5) is 18.5. The molecular weight excluding hydrogens is 431 g/mol. The number of hydrogen-bond acceptors (Lipinski definition) is 4. The van der Waals surface area contributed by atoms with E-state index < -0.39 is 5.41 Å². The molecule has 0 spiro atoms. The number of halogens is 1. The third-order valence-electron chi connectivity index (χ3n) is 7.56. The van der Waals surface area contributed by atoms with Crippen molar-refractivity contribution in [2.75, 3.05) is 46.4 Å². The number of nitrogens with one attached hydrogen (secondary N) is 1. The SMILES string of the molecule is CN1CCC(Cc2ccc(F)cc2)(C(=O)N2CCOC[C@H](Cc3cccc4[nH]ncc34)C2)CC1. The largest absolute Gasteiger partial charge is 0.379 e. The molecule has 3 heterocycles. The van der Waals surface area contributed by atoms with E-state index in [0.717, 1.165) is 48.8 Å². The zero-order chi connectivity index (χ0) is 23.5. The van der Waals surface area contributed by atoms with Crippen LogP contribution in [0.1, 0.15) is 24.0 Å². The second-order valence-electron chi connectivity index (χ2n) is 10.0. The van der Waals surface area contributed by atoms with E-state index in [1.165, 1.54) is 17.7 Å². The average Bonchev–Trinajstić information content (AvgIpc) is 3.22. The van der Waals surface area contributed by atoms with Crippen molar-refractivity contribution in [3.05, 3.63) is 65.6 Å². The highest BCUT2D eigenvalue weighted by molar-refractivity contribution is 5.84. The first-order chi connectivity index (χ1) is 16.5. The van der Waals surface area contributed by atoms with Crippen LogP contribution in [0.25, 0.3) is 10.9 Å². The Morgan fingerprint density at radius 1 is 1.18 bits per heavy atom. The summed E-state index contributed by atoms with van der Waals surface area (Å²) in [5, 5.41) is 8.36. The Morgan fingerprint density at radius 3 is 2.76 bits per heavy atom. The van der Waals surface area contributed by atoms with Gasteiger partial charge in [-0.25, -0.2) is 4.39 Å². The number of hydrogen-bond donors (Lipinski definition) is 1. The lowest BCUT2D eigenvalue weighted by Gasteiger charge is -2.42. The fraction of sp³-hybridized carbons (Fsp3) is 0.481. The van der Waals surface area contributed by atoms with E-state index in [1.54, 1.807) is 0 Å². The van der Waals surface area contributed by atoms with Gasteiger partial charge in [0.1, 0.15) is 5.82 Å². The number of carbonyl (C=O) groups is 1. The molecule has 3 aromatic rings. The Balaban J connectivity index is 1.36. The predicted octanol–water partition coefficient (Wildman–Crippen LogP) is 3.67. The molecule has 0 bridgehead atoms. The van der Waals surface area contributed by atoms with Crippen molar-refractivity contribution < 1.29 is 13.9 Å². The van der Waals surface area contributed by atoms with Gasteiger partial charge in [0.2, 0.25) is 5.91 Å². The lowest BCUT2D eigenvalue weighted by atomic mass is 9.72. The number of nitrogens with zero attached hydrogens (tertiary/aromatic N) is 3. The number of carbonyl (C=O) groups excluding carboxylic acids is 1. The van der Waals surface area contributed by atoms with E-state index >= 15 is 0 Å². The summed E-state index contributed by atoms with van der Waals surface area (Å²) >= 11 is 0. The van der Waals surface area contributed by atoms with Crippen LogP contribution >= 0.6 is 0 Å². The predicted molar refractivity (Wildman–Crippen MR) is 130 cm³/mol. The molecule has 5 rings (SSSR count). The topological polar surface area (TPSA) is 61.5 Å². The highest BCUT2D eigenvalue weighted by atomic mass is 19.1. The molecule has 34 heavy (non-hydrogen) atoms. The van der Waals surface area contributed by atoms with Crippen molar-refractivity contribution in [1.82, 2.24) is 20.0 Å². The molecule has 1 aromatic heterocycles. The number of aromatic nitrogens is 2. The molecular formula is C27H33FN4O2. The standard InChI is InChI=1S/C27H33FN4O2/c1-31-11-9-27(10-12-31,16-20-5-7-23(28)8-6-20)26(33)32-13-14-34-19-21(18-32)15-22-3-2-4-25-24(22)17-29-30-25/h2-8,17,21H,9-16,18-19H2,1H3,(H,29,30)/t21-/m1/s1. The normalized spacial score (nSPS) is 21.5. The maximum absolute atomic E-state index is 14.1. The molecule has 2 aromatic carbocycles. The smallest absolute Gasteiger partial charge is 0.229 e. The van der Waals surface area contributed by atoms with Crippen LogP contribution in [0.5, 0.6) is 0 Å². The highest BCUT2D eigenvalue weighted by Crippen LogP contribution is 2.37. The van der Waals surface area contributed by atoms with Crippen molar-refractivity contribution in [2.24, 2.45) is 11.3 Å². The fourth-order valence-electron chi connectivity index (χ4n) is 5.55. The molecule has 6 nitrogen and oxygen atoms in total. The average molecular weight is 465 g/mol. The second-order valence-corrected chi connectivity index (χ2v) is 10.0. The molecule has 1 atom stereocenters. The number of likely N-dealkylation sites (tertiary alicyclic amines) is 1. The van der Waals surface area contributed by atoms with Gasteiger partial charge in [-0.1, -0.05) is 24.3 Å². The first-order valence-corrected chi connectivity index (χ1v) is 12.2. The van der Waals surface area contributed by atoms with Crippen molar-refractivity contribution in [3.8, 4) is 0 Å². The van der Waals surface area contributed by atoms with Gasteiger partial charge in [0.25, 0.3) is 0 Å². The third-order valence-corrected chi connectivity index (χ3v) is 7.56. The number of H-pyrrole nitrogens is 1. The maximum atomic E-state index is 14.1. The molecule has 0 radical (unpaired) electrons. The van der Waals surface area contributed by atoms with Crippen LogP contribution in [0.3, 0.4) is 0 Å². The molecule has 0 aliphatic carbocycles. The number of rotatable bonds is 5. The van der Waals surface area contributed by atoms with E-state index in [-0.39, 0.29) is 17.6 Å². The molecule has 2 fully saturated rings. The summed E-state index contributed by atoms with van der Waals surface area (Å²) in [7, 11) is 2.11. The van der Waals surface area contributed by atoms with Crippen molar-refractivity contribution in [3.63, 3.8) is 0 Å². The van der Waals surface area contributed by atoms with Crippen molar-refractivity contribution >= 4 is 16.8 Å². The highest BCUT2D eigenvalue weighted by Gasteiger charge is 2.43. The minimum absolute atomic E-state index is 0.223. The number of ether oxygens (including phenoxy) is 1. The monoisotopic (exact) mass is 464 g/mol. The lowest BCUT2D eigenvalue weighted by Crippen LogP contribution is -2.52. The van der Waals surface area contributed by atoms with Crippen molar-refractivity contribution in [2.45, 2.75) is 25.7 Å². The van der Waals surface area contributed by atoms with E-state index in [1.807, 2.05) is 35.4 Å². The van der Waals surface area contributed by atoms with Crippen LogP contribution < -0.4 is 0 Å². The van der Waals surface area contributed by atoms with Gasteiger partial charge in [-0.3, -0.25) is 9.89 Å². The molecule has 2 aliphatic heterocycles. The molecule has 7 heteroatoms. The molecule has 0 saturated carbocycles. The van der Waals surface area contributed by atoms with Gasteiger partial charge in [0, 0.05) is 24.4 Å². The van der Waals surface area contributed by atoms with Gasteiger partial charge in [0.15, 0.2) is 0 Å². The minimum atomic E-state index is -0.455. The van der Waals surface area contributed by atoms with Gasteiger partial charge in [-0.15, -0.1) is 0 Å². The van der Waals surface area contributed by atoms with Crippen LogP contribution in [-0.2, 0) is 22.4 Å². The van der Waals surface area contributed by atoms with Gasteiger partial charge in [-0.2, -0.15) is 5.10 Å². The summed E-state index contributed by atoms with van der Waals surface area (Å²) < 4.78 is 19.5. The quantitative estimate of drug-likeness (QED) is 0.626. The summed E-state index contributed by atoms with van der Waals surface area (Å²) in [6, 6.07) is 12.9. The van der Waals surface area contributed by atoms with Crippen LogP contribution in [0.4, 0.5) is 4.39 Å². The minimum Gasteiger partial charge on any atom is -0.379 e. The first-order valence-electron chi connectivity index (χ1n) is 12.2. The Bertz CT molecular complexity index is 1120. The summed E-state index contributed by atoms with van der Waals surface area (Å²) in [6.45, 7) is 4.29. The van der Waals surface area contributed by atoms with Crippen LogP contribution in [0, 0.1) is 17.2 Å². The maximum Gasteiger partial charge on any atom is 0.229 e. The zero-order valence-electron chi connectivity index (χ0n) is 19.8. The Morgan fingerprint density at radius 2 is 1.97 bits per heavy atom. The number of piperidine rings is 1. The van der Waals surface area contributed by atoms with E-state index in [9.17, 15) is 9.18 Å². The number of benzene rings is 2. The van der Waals surface area contributed by atoms with Crippen LogP contribution in [-0.4, -0.2) is 72.3 Å². The first kappa shape index (κ1) is 23.0. The molecule has 0 unspecified atom stereocenters. The molecule has 2 aliphatic rings. The van der Waals surface area contributed by atoms with Crippen molar-refractivity contribution in [1.29, 1.82) is 0 Å². The molecule has 1 amide bonds. The summed E-state index contributed by atoms with van der Waals surface area (Å²) in [5.41, 5.74) is 2.83. The van der Waals surface area contributed by atoms with Gasteiger partial charge in [0.05, 0.1) is 30.3 Å². The Kier molecular flexibility index (Phi) is 6.66. The summed E-state index contributed by atoms with van der Waals surface area (Å²) in [6.07, 6.45) is 5.00. The van der Waals surface area contributed by atoms with Gasteiger partial charge < -0.3 is 14.5 Å². The van der Waals surface area contributed by atoms with E-state index in [2.05, 4.69) is 28.2 Å². The molecule has 1 N–H and O–H groups in total. The number of aromatic amines is 1. The zero-order valence-corrected chi connectivity index (χ0v) is 19.8. The Labute approximate surface area is 200 Å². The third kappa shape index (κ3) is 4.86. The second kappa shape index (κ2) is 9.84. The van der Waals surface area contributed by atoms with Crippen LogP contribution in [0.2, 0.25) is 0 Å². The van der Waals surface area contributed by atoms with E-state index in [0.29, 0.717) is 32.7 Å². The number of amides is 1. The summed E-state index contributed by atoms with van der Waals surface area (Å²) in [5.74, 6) is 0.204. The lowest BCUT2D eigenvalue weighted by molar-refractivity contribution is -0.145. The molecule has 180 valence electrons. The molecule has 2 saturated heterocycles. The van der Waals surface area contributed by atoms with Gasteiger partial charge >= 0.3 is 0 Å². The van der Waals surface area contributed by atoms with Gasteiger partial charge in [-0.05, 0) is 75.1 Å². The fourth-order valence-corrected chi connectivity index (χ4v) is 5.55. The van der Waals surface area contributed by atoms with E-state index in [4.69, 9.17) is 4.74 Å². The Hall–Kier alpha value is -2.77. The number of fused-ring (bicyclic) bond motifs is 1.